The zero-order valence-electron chi connectivity index (χ0n) is 16.5. The second-order valence-corrected chi connectivity index (χ2v) is 6.84. The van der Waals surface area contributed by atoms with Crippen molar-refractivity contribution in [2.24, 2.45) is 0 Å². The average molecular weight is 444 g/mol. The highest BCUT2D eigenvalue weighted by Gasteiger charge is 2.31. The number of carbonyl (C=O) groups is 2. The van der Waals surface area contributed by atoms with Crippen molar-refractivity contribution in [3.8, 4) is 28.7 Å². The van der Waals surface area contributed by atoms with Crippen LogP contribution >= 0.6 is 0 Å². The summed E-state index contributed by atoms with van der Waals surface area (Å²) in [5.74, 6) is -3.04. The van der Waals surface area contributed by atoms with Crippen LogP contribution in [-0.4, -0.2) is 33.3 Å². The van der Waals surface area contributed by atoms with Crippen molar-refractivity contribution in [3.05, 3.63) is 53.2 Å². The van der Waals surface area contributed by atoms with Gasteiger partial charge in [0.05, 0.1) is 11.9 Å². The smallest absolute Gasteiger partial charge is 0.504 e. The molecule has 0 saturated heterocycles. The Morgan fingerprint density at radius 3 is 2.47 bits per heavy atom. The number of benzene rings is 2. The van der Waals surface area contributed by atoms with E-state index in [-0.39, 0.29) is 16.5 Å². The number of alkyl halides is 3. The van der Waals surface area contributed by atoms with Crippen molar-refractivity contribution in [2.45, 2.75) is 26.1 Å². The highest BCUT2D eigenvalue weighted by atomic mass is 19.4. The minimum absolute atomic E-state index is 0.160. The number of ether oxygens (including phenoxy) is 1. The van der Waals surface area contributed by atoms with Crippen LogP contribution in [0.25, 0.3) is 22.0 Å². The number of hydrogen-bond acceptors (Lipinski definition) is 6. The van der Waals surface area contributed by atoms with Crippen molar-refractivity contribution in [1.82, 2.24) is 4.98 Å². The normalized spacial score (nSPS) is 11.2. The van der Waals surface area contributed by atoms with E-state index in [2.05, 4.69) is 9.72 Å². The first-order valence-corrected chi connectivity index (χ1v) is 9.19. The summed E-state index contributed by atoms with van der Waals surface area (Å²) in [4.78, 5) is 27.4. The number of pyridine rings is 1. The lowest BCUT2D eigenvalue weighted by Gasteiger charge is -2.14. The fourth-order valence-electron chi connectivity index (χ4n) is 3.28. The summed E-state index contributed by atoms with van der Waals surface area (Å²) in [7, 11) is 0. The molecule has 10 heteroatoms. The molecule has 0 spiro atoms. The maximum Gasteiger partial charge on any atom is 0.573 e. The number of aromatic hydroxyl groups is 1. The van der Waals surface area contributed by atoms with Crippen LogP contribution in [0.4, 0.5) is 13.2 Å². The molecule has 0 bridgehead atoms. The summed E-state index contributed by atoms with van der Waals surface area (Å²) >= 11 is 0. The number of halogens is 3. The molecule has 0 aliphatic heterocycles. The lowest BCUT2D eigenvalue weighted by Crippen LogP contribution is -2.17. The van der Waals surface area contributed by atoms with Crippen molar-refractivity contribution in [3.63, 3.8) is 0 Å². The Kier molecular flexibility index (Phi) is 6.02. The second kappa shape index (κ2) is 8.55. The van der Waals surface area contributed by atoms with E-state index in [1.807, 2.05) is 6.07 Å². The Morgan fingerprint density at radius 1 is 1.16 bits per heavy atom. The van der Waals surface area contributed by atoms with Crippen LogP contribution in [-0.2, 0) is 4.79 Å². The van der Waals surface area contributed by atoms with E-state index in [4.69, 9.17) is 5.11 Å². The molecule has 7 nitrogen and oxygen atoms in total. The lowest BCUT2D eigenvalue weighted by molar-refractivity contribution is -0.274. The number of carboxylic acids is 1. The molecular formula is C22H15F3N2O5. The molecule has 0 fully saturated rings. The Morgan fingerprint density at radius 2 is 1.88 bits per heavy atom. The predicted molar refractivity (Wildman–Crippen MR) is 106 cm³/mol. The first kappa shape index (κ1) is 22.6. The molecule has 1 aromatic heterocycles. The van der Waals surface area contributed by atoms with Gasteiger partial charge in [-0.05, 0) is 30.2 Å². The number of fused-ring (bicyclic) bond motifs is 1. The predicted octanol–water partition coefficient (Wildman–Crippen LogP) is 4.73. The number of aromatic nitrogens is 1. The van der Waals surface area contributed by atoms with E-state index < -0.39 is 48.1 Å². The first-order chi connectivity index (χ1) is 15.0. The van der Waals surface area contributed by atoms with Crippen molar-refractivity contribution in [1.29, 1.82) is 5.26 Å². The highest BCUT2D eigenvalue weighted by Crippen LogP contribution is 2.37. The highest BCUT2D eigenvalue weighted by molar-refractivity contribution is 6.05. The third-order valence-electron chi connectivity index (χ3n) is 4.65. The number of carboxylic acid groups (broad SMARTS) is 1. The molecule has 1 heterocycles. The van der Waals surface area contributed by atoms with Gasteiger partial charge in [0, 0.05) is 17.4 Å². The summed E-state index contributed by atoms with van der Waals surface area (Å²) in [6.07, 6.45) is -5.77. The number of para-hydroxylation sites is 1. The van der Waals surface area contributed by atoms with Crippen LogP contribution < -0.4 is 4.74 Å². The maximum atomic E-state index is 12.5. The SMILES string of the molecule is Cc1cc(OC(F)(F)F)ccc1-c1cccc2c(C#N)c(O)c(C(=O)CCC(=O)O)nc12. The molecule has 0 radical (unpaired) electrons. The number of aryl methyl sites for hydroxylation is 1. The number of carbonyl (C=O) groups excluding carboxylic acids is 1. The third kappa shape index (κ3) is 4.62. The fourth-order valence-corrected chi connectivity index (χ4v) is 3.28. The van der Waals surface area contributed by atoms with Crippen LogP contribution in [0, 0.1) is 18.3 Å². The van der Waals surface area contributed by atoms with Crippen LogP contribution in [0.1, 0.15) is 34.5 Å². The van der Waals surface area contributed by atoms with Gasteiger partial charge in [0.15, 0.2) is 11.5 Å². The molecule has 2 aromatic carbocycles. The number of rotatable bonds is 6. The maximum absolute atomic E-state index is 12.5. The number of nitrogens with zero attached hydrogens (tertiary/aromatic N) is 2. The summed E-state index contributed by atoms with van der Waals surface area (Å²) in [5.41, 5.74) is 0.778. The Hall–Kier alpha value is -4.13. The number of Topliss-reactive ketones (excluding diaryl/α,β-unsaturated/α-hetero) is 1. The van der Waals surface area contributed by atoms with Gasteiger partial charge in [-0.15, -0.1) is 13.2 Å². The largest absolute Gasteiger partial charge is 0.573 e. The van der Waals surface area contributed by atoms with E-state index >= 15 is 0 Å². The van der Waals surface area contributed by atoms with Crippen molar-refractivity contribution < 1.29 is 37.7 Å². The van der Waals surface area contributed by atoms with Gasteiger partial charge in [0.25, 0.3) is 0 Å². The Balaban J connectivity index is 2.19. The molecular weight excluding hydrogens is 429 g/mol. The van der Waals surface area contributed by atoms with E-state index in [9.17, 15) is 33.1 Å². The van der Waals surface area contributed by atoms with Gasteiger partial charge in [-0.1, -0.05) is 24.3 Å². The summed E-state index contributed by atoms with van der Waals surface area (Å²) in [5, 5.41) is 29.0. The topological polar surface area (TPSA) is 121 Å². The zero-order chi connectivity index (χ0) is 23.6. The summed E-state index contributed by atoms with van der Waals surface area (Å²) in [6.45, 7) is 1.56. The quantitative estimate of drug-likeness (QED) is 0.527. The van der Waals surface area contributed by atoms with Crippen LogP contribution in [0.3, 0.4) is 0 Å². The standard InChI is InChI=1S/C22H15F3N2O5/c1-11-9-12(32-22(23,24)25)5-6-13(11)14-3-2-4-15-16(10-26)21(31)20(27-19(14)15)17(28)7-8-18(29)30/h2-6,9,31H,7-8H2,1H3,(H,29,30). The van der Waals surface area contributed by atoms with E-state index in [1.54, 1.807) is 19.1 Å². The van der Waals surface area contributed by atoms with Gasteiger partial charge >= 0.3 is 12.3 Å². The van der Waals surface area contributed by atoms with Gasteiger partial charge in [-0.25, -0.2) is 4.98 Å². The molecule has 3 aromatic rings. The lowest BCUT2D eigenvalue weighted by atomic mass is 9.95. The van der Waals surface area contributed by atoms with Gasteiger partial charge < -0.3 is 14.9 Å². The monoisotopic (exact) mass is 444 g/mol. The van der Waals surface area contributed by atoms with E-state index in [1.165, 1.54) is 18.2 Å². The first-order valence-electron chi connectivity index (χ1n) is 9.19. The molecule has 3 rings (SSSR count). The summed E-state index contributed by atoms with van der Waals surface area (Å²) in [6, 6.07) is 10.2. The summed E-state index contributed by atoms with van der Waals surface area (Å²) < 4.78 is 41.4. The van der Waals surface area contributed by atoms with Crippen LogP contribution in [0.5, 0.6) is 11.5 Å². The van der Waals surface area contributed by atoms with Gasteiger partial charge in [0.2, 0.25) is 0 Å². The van der Waals surface area contributed by atoms with E-state index in [0.717, 1.165) is 6.07 Å². The molecule has 0 aliphatic carbocycles. The number of aliphatic carboxylic acids is 1. The second-order valence-electron chi connectivity index (χ2n) is 6.84. The van der Waals surface area contributed by atoms with Crippen molar-refractivity contribution >= 4 is 22.7 Å². The minimum atomic E-state index is -4.85. The molecule has 0 atom stereocenters. The van der Waals surface area contributed by atoms with Gasteiger partial charge in [-0.2, -0.15) is 5.26 Å². The molecule has 0 aliphatic rings. The van der Waals surface area contributed by atoms with Gasteiger partial charge in [-0.3, -0.25) is 9.59 Å². The Labute approximate surface area is 179 Å². The average Bonchev–Trinajstić information content (AvgIpc) is 2.70. The van der Waals surface area contributed by atoms with Crippen molar-refractivity contribution in [2.75, 3.05) is 0 Å². The molecule has 32 heavy (non-hydrogen) atoms. The van der Waals surface area contributed by atoms with E-state index in [0.29, 0.717) is 16.7 Å². The molecule has 0 amide bonds. The molecule has 0 saturated carbocycles. The molecule has 164 valence electrons. The fraction of sp³-hybridized carbons (Fsp3) is 0.182. The van der Waals surface area contributed by atoms with Crippen LogP contribution in [0.15, 0.2) is 36.4 Å². The third-order valence-corrected chi connectivity index (χ3v) is 4.65. The molecule has 0 unspecified atom stereocenters. The minimum Gasteiger partial charge on any atom is -0.504 e. The van der Waals surface area contributed by atoms with Crippen LogP contribution in [0.2, 0.25) is 0 Å². The number of hydrogen-bond donors (Lipinski definition) is 2. The Bertz CT molecular complexity index is 1280. The zero-order valence-corrected chi connectivity index (χ0v) is 16.5. The number of nitriles is 1. The van der Waals surface area contributed by atoms with Gasteiger partial charge in [0.1, 0.15) is 23.1 Å². The molecule has 2 N–H and O–H groups in total. The number of ketones is 1.